The highest BCUT2D eigenvalue weighted by Gasteiger charge is 2.20. The van der Waals surface area contributed by atoms with Crippen molar-refractivity contribution >= 4 is 5.95 Å². The molecule has 24 heavy (non-hydrogen) atoms. The Kier molecular flexibility index (Phi) is 4.16. The molecule has 1 aliphatic rings. The molecule has 1 unspecified atom stereocenters. The van der Waals surface area contributed by atoms with E-state index in [-0.39, 0.29) is 6.10 Å². The van der Waals surface area contributed by atoms with Gasteiger partial charge in [0.1, 0.15) is 6.10 Å². The van der Waals surface area contributed by atoms with Gasteiger partial charge in [0.25, 0.3) is 0 Å². The first kappa shape index (κ1) is 14.8. The van der Waals surface area contributed by atoms with Gasteiger partial charge in [0.15, 0.2) is 0 Å². The van der Waals surface area contributed by atoms with Crippen LogP contribution in [0.1, 0.15) is 17.2 Å². The van der Waals surface area contributed by atoms with E-state index < -0.39 is 0 Å². The van der Waals surface area contributed by atoms with Gasteiger partial charge in [0.05, 0.1) is 12.3 Å². The van der Waals surface area contributed by atoms with Gasteiger partial charge >= 0.3 is 0 Å². The summed E-state index contributed by atoms with van der Waals surface area (Å²) in [7, 11) is 0. The Morgan fingerprint density at radius 3 is 2.96 bits per heavy atom. The average Bonchev–Trinajstić information content (AvgIpc) is 2.67. The van der Waals surface area contributed by atoms with E-state index in [0.717, 1.165) is 24.3 Å². The van der Waals surface area contributed by atoms with E-state index in [1.165, 1.54) is 11.1 Å². The van der Waals surface area contributed by atoms with E-state index in [2.05, 4.69) is 44.5 Å². The van der Waals surface area contributed by atoms with Crippen molar-refractivity contribution < 1.29 is 4.74 Å². The van der Waals surface area contributed by atoms with E-state index in [1.807, 2.05) is 18.2 Å². The lowest BCUT2D eigenvalue weighted by molar-refractivity contribution is 0.0512. The van der Waals surface area contributed by atoms with Crippen molar-refractivity contribution in [2.75, 3.05) is 18.5 Å². The summed E-state index contributed by atoms with van der Waals surface area (Å²) in [5, 5.41) is 3.30. The molecule has 1 N–H and O–H groups in total. The molecule has 4 rings (SSSR count). The Bertz CT molecular complexity index is 822. The van der Waals surface area contributed by atoms with Crippen LogP contribution in [0.15, 0.2) is 61.1 Å². The third kappa shape index (κ3) is 3.12. The van der Waals surface area contributed by atoms with Crippen LogP contribution in [0.2, 0.25) is 0 Å². The number of aromatic nitrogens is 3. The molecule has 1 atom stereocenters. The fourth-order valence-electron chi connectivity index (χ4n) is 2.95. The maximum absolute atomic E-state index is 5.91. The first-order chi connectivity index (χ1) is 11.9. The lowest BCUT2D eigenvalue weighted by Gasteiger charge is -2.26. The fourth-order valence-corrected chi connectivity index (χ4v) is 2.95. The molecule has 2 aromatic heterocycles. The number of benzene rings is 1. The number of hydrogen-bond donors (Lipinski definition) is 1. The SMILES string of the molecule is c1cncc(-c2ccnc(NCC3OCCc4ccccc43)n2)c1. The Morgan fingerprint density at radius 1 is 1.08 bits per heavy atom. The second-order valence-electron chi connectivity index (χ2n) is 5.70. The number of nitrogens with zero attached hydrogens (tertiary/aromatic N) is 3. The van der Waals surface area contributed by atoms with Gasteiger partial charge < -0.3 is 10.1 Å². The number of anilines is 1. The van der Waals surface area contributed by atoms with E-state index in [4.69, 9.17) is 4.74 Å². The first-order valence-corrected chi connectivity index (χ1v) is 8.07. The predicted molar refractivity (Wildman–Crippen MR) is 92.6 cm³/mol. The predicted octanol–water partition coefficient (Wildman–Crippen LogP) is 3.26. The van der Waals surface area contributed by atoms with Crippen molar-refractivity contribution in [2.24, 2.45) is 0 Å². The molecule has 0 saturated carbocycles. The summed E-state index contributed by atoms with van der Waals surface area (Å²) in [6.07, 6.45) is 6.31. The Labute approximate surface area is 140 Å². The van der Waals surface area contributed by atoms with E-state index >= 15 is 0 Å². The highest BCUT2D eigenvalue weighted by atomic mass is 16.5. The normalized spacial score (nSPS) is 16.4. The zero-order valence-electron chi connectivity index (χ0n) is 13.2. The Hall–Kier alpha value is -2.79. The number of rotatable bonds is 4. The zero-order valence-corrected chi connectivity index (χ0v) is 13.2. The summed E-state index contributed by atoms with van der Waals surface area (Å²) in [4.78, 5) is 13.0. The van der Waals surface area contributed by atoms with Crippen LogP contribution in [0.3, 0.4) is 0 Å². The molecule has 5 heteroatoms. The summed E-state index contributed by atoms with van der Waals surface area (Å²) in [5.41, 5.74) is 4.44. The lowest BCUT2D eigenvalue weighted by atomic mass is 9.98. The average molecular weight is 318 g/mol. The van der Waals surface area contributed by atoms with Crippen LogP contribution in [0.4, 0.5) is 5.95 Å². The molecule has 0 spiro atoms. The molecule has 3 aromatic rings. The number of ether oxygens (including phenoxy) is 1. The minimum Gasteiger partial charge on any atom is -0.371 e. The van der Waals surface area contributed by atoms with Crippen LogP contribution in [0, 0.1) is 0 Å². The van der Waals surface area contributed by atoms with Crippen LogP contribution >= 0.6 is 0 Å². The zero-order chi connectivity index (χ0) is 16.2. The van der Waals surface area contributed by atoms with Crippen LogP contribution in [0.25, 0.3) is 11.3 Å². The molecule has 5 nitrogen and oxygen atoms in total. The van der Waals surface area contributed by atoms with Gasteiger partial charge in [-0.1, -0.05) is 24.3 Å². The Balaban J connectivity index is 1.49. The van der Waals surface area contributed by atoms with Gasteiger partial charge in [-0.25, -0.2) is 9.97 Å². The smallest absolute Gasteiger partial charge is 0.223 e. The molecule has 1 aromatic carbocycles. The van der Waals surface area contributed by atoms with E-state index in [0.29, 0.717) is 12.5 Å². The quantitative estimate of drug-likeness (QED) is 0.800. The molecule has 1 aliphatic heterocycles. The van der Waals surface area contributed by atoms with Crippen LogP contribution in [0.5, 0.6) is 0 Å². The first-order valence-electron chi connectivity index (χ1n) is 8.07. The molecule has 0 aliphatic carbocycles. The van der Waals surface area contributed by atoms with Gasteiger partial charge in [-0.05, 0) is 35.7 Å². The third-order valence-corrected chi connectivity index (χ3v) is 4.15. The minimum absolute atomic E-state index is 0.0283. The third-order valence-electron chi connectivity index (χ3n) is 4.15. The van der Waals surface area contributed by atoms with Crippen LogP contribution < -0.4 is 5.32 Å². The molecule has 0 radical (unpaired) electrons. The van der Waals surface area contributed by atoms with Crippen molar-refractivity contribution in [3.63, 3.8) is 0 Å². The van der Waals surface area contributed by atoms with Gasteiger partial charge in [-0.3, -0.25) is 4.98 Å². The minimum atomic E-state index is 0.0283. The molecule has 0 bridgehead atoms. The highest BCUT2D eigenvalue weighted by Crippen LogP contribution is 2.27. The van der Waals surface area contributed by atoms with E-state index in [1.54, 1.807) is 18.6 Å². The van der Waals surface area contributed by atoms with Gasteiger partial charge in [-0.15, -0.1) is 0 Å². The van der Waals surface area contributed by atoms with Crippen molar-refractivity contribution in [1.82, 2.24) is 15.0 Å². The molecular formula is C19H18N4O. The Morgan fingerprint density at radius 2 is 2.04 bits per heavy atom. The van der Waals surface area contributed by atoms with Crippen molar-refractivity contribution in [3.05, 3.63) is 72.2 Å². The van der Waals surface area contributed by atoms with Crippen molar-refractivity contribution in [3.8, 4) is 11.3 Å². The fraction of sp³-hybridized carbons (Fsp3) is 0.211. The molecule has 3 heterocycles. The maximum Gasteiger partial charge on any atom is 0.223 e. The maximum atomic E-state index is 5.91. The number of pyridine rings is 1. The molecule has 0 saturated heterocycles. The summed E-state index contributed by atoms with van der Waals surface area (Å²) in [5.74, 6) is 0.600. The lowest BCUT2D eigenvalue weighted by Crippen LogP contribution is -2.23. The number of nitrogens with one attached hydrogen (secondary N) is 1. The van der Waals surface area contributed by atoms with E-state index in [9.17, 15) is 0 Å². The standard InChI is InChI=1S/C19H18N4O/c1-2-6-16-14(4-1)8-11-24-18(16)13-22-19-21-10-7-17(23-19)15-5-3-9-20-12-15/h1-7,9-10,12,18H,8,11,13H2,(H,21,22,23). The summed E-state index contributed by atoms with van der Waals surface area (Å²) in [6.45, 7) is 1.40. The van der Waals surface area contributed by atoms with Crippen molar-refractivity contribution in [2.45, 2.75) is 12.5 Å². The molecule has 120 valence electrons. The monoisotopic (exact) mass is 318 g/mol. The van der Waals surface area contributed by atoms with Gasteiger partial charge in [-0.2, -0.15) is 0 Å². The van der Waals surface area contributed by atoms with Crippen molar-refractivity contribution in [1.29, 1.82) is 0 Å². The second kappa shape index (κ2) is 6.76. The summed E-state index contributed by atoms with van der Waals surface area (Å²) in [6, 6.07) is 14.2. The van der Waals surface area contributed by atoms with Gasteiger partial charge in [0.2, 0.25) is 5.95 Å². The largest absolute Gasteiger partial charge is 0.371 e. The molecule has 0 fully saturated rings. The molecular weight excluding hydrogens is 300 g/mol. The van der Waals surface area contributed by atoms with Crippen LogP contribution in [-0.2, 0) is 11.2 Å². The summed E-state index contributed by atoms with van der Waals surface area (Å²) >= 11 is 0. The van der Waals surface area contributed by atoms with Crippen LogP contribution in [-0.4, -0.2) is 28.1 Å². The topological polar surface area (TPSA) is 59.9 Å². The molecule has 0 amide bonds. The summed E-state index contributed by atoms with van der Waals surface area (Å²) < 4.78 is 5.91. The van der Waals surface area contributed by atoms with Gasteiger partial charge in [0, 0.05) is 30.7 Å². The highest BCUT2D eigenvalue weighted by molar-refractivity contribution is 5.58. The number of hydrogen-bond acceptors (Lipinski definition) is 5. The second-order valence-corrected chi connectivity index (χ2v) is 5.70. The number of fused-ring (bicyclic) bond motifs is 1.